The van der Waals surface area contributed by atoms with E-state index in [2.05, 4.69) is 0 Å². The maximum atomic E-state index is 10.7. The van der Waals surface area contributed by atoms with Gasteiger partial charge in [0.15, 0.2) is 5.75 Å². The van der Waals surface area contributed by atoms with Crippen molar-refractivity contribution in [3.05, 3.63) is 24.0 Å². The fraction of sp³-hybridized carbons (Fsp3) is 0.100. The second-order valence-electron chi connectivity index (χ2n) is 3.02. The van der Waals surface area contributed by atoms with Gasteiger partial charge in [-0.2, -0.15) is 0 Å². The average Bonchev–Trinajstić information content (AvgIpc) is 2.61. The zero-order chi connectivity index (χ0) is 11.0. The summed E-state index contributed by atoms with van der Waals surface area (Å²) in [6, 6.07) is 4.61. The van der Waals surface area contributed by atoms with Gasteiger partial charge in [-0.15, -0.1) is 0 Å². The molecule has 0 spiro atoms. The Balaban J connectivity index is 2.75. The third-order valence-electron chi connectivity index (χ3n) is 2.10. The normalized spacial score (nSPS) is 10.5. The van der Waals surface area contributed by atoms with Crippen molar-refractivity contribution in [2.45, 2.75) is 0 Å². The molecular weight excluding hydrogens is 198 g/mol. The topological polar surface area (TPSA) is 85.7 Å². The van der Waals surface area contributed by atoms with Crippen molar-refractivity contribution in [2.75, 3.05) is 12.8 Å². The molecule has 0 bridgehead atoms. The van der Waals surface area contributed by atoms with Gasteiger partial charge < -0.3 is 20.0 Å². The minimum atomic E-state index is -1.12. The molecule has 1 heterocycles. The molecule has 0 amide bonds. The standard InChI is InChI=1S/C10H9NO4/c1-14-9-5-4-8(10(12)13)15-7(5)3-2-6(9)11/h2-4H,11H2,1H3,(H,12,13). The van der Waals surface area contributed by atoms with Crippen LogP contribution in [0.1, 0.15) is 10.6 Å². The third kappa shape index (κ3) is 1.38. The Labute approximate surface area is 85.0 Å². The molecule has 0 saturated heterocycles. The van der Waals surface area contributed by atoms with Gasteiger partial charge >= 0.3 is 5.97 Å². The zero-order valence-corrected chi connectivity index (χ0v) is 7.98. The van der Waals surface area contributed by atoms with Crippen LogP contribution in [-0.2, 0) is 0 Å². The molecule has 0 aliphatic heterocycles. The molecule has 5 nitrogen and oxygen atoms in total. The molecule has 2 aromatic rings. The lowest BCUT2D eigenvalue weighted by atomic mass is 10.2. The molecule has 0 aliphatic carbocycles. The van der Waals surface area contributed by atoms with Gasteiger partial charge in [0.05, 0.1) is 18.2 Å². The summed E-state index contributed by atoms with van der Waals surface area (Å²) < 4.78 is 10.2. The highest BCUT2D eigenvalue weighted by Crippen LogP contribution is 2.33. The molecule has 3 N–H and O–H groups in total. The quantitative estimate of drug-likeness (QED) is 0.732. The van der Waals surface area contributed by atoms with Crippen molar-refractivity contribution in [1.29, 1.82) is 0 Å². The lowest BCUT2D eigenvalue weighted by molar-refractivity contribution is 0.0665. The summed E-state index contributed by atoms with van der Waals surface area (Å²) in [7, 11) is 1.47. The number of rotatable bonds is 2. The highest BCUT2D eigenvalue weighted by molar-refractivity contribution is 5.96. The van der Waals surface area contributed by atoms with Gasteiger partial charge in [0, 0.05) is 6.07 Å². The number of anilines is 1. The Kier molecular flexibility index (Phi) is 2.00. The monoisotopic (exact) mass is 207 g/mol. The minimum absolute atomic E-state index is 0.131. The molecule has 2 rings (SSSR count). The van der Waals surface area contributed by atoms with E-state index in [4.69, 9.17) is 20.0 Å². The molecule has 5 heteroatoms. The van der Waals surface area contributed by atoms with E-state index in [1.54, 1.807) is 12.1 Å². The van der Waals surface area contributed by atoms with Crippen LogP contribution in [0.4, 0.5) is 5.69 Å². The number of furan rings is 1. The van der Waals surface area contributed by atoms with Crippen molar-refractivity contribution in [2.24, 2.45) is 0 Å². The lowest BCUT2D eigenvalue weighted by Gasteiger charge is -2.03. The van der Waals surface area contributed by atoms with Gasteiger partial charge in [0.2, 0.25) is 5.76 Å². The van der Waals surface area contributed by atoms with Crippen molar-refractivity contribution < 1.29 is 19.1 Å². The molecule has 0 fully saturated rings. The summed E-state index contributed by atoms with van der Waals surface area (Å²) in [5, 5.41) is 9.32. The smallest absolute Gasteiger partial charge is 0.371 e. The van der Waals surface area contributed by atoms with E-state index in [0.29, 0.717) is 22.4 Å². The number of methoxy groups -OCH3 is 1. The number of hydrogen-bond donors (Lipinski definition) is 2. The first-order chi connectivity index (χ1) is 7.13. The van der Waals surface area contributed by atoms with Gasteiger partial charge in [-0.05, 0) is 12.1 Å². The second-order valence-corrected chi connectivity index (χ2v) is 3.02. The van der Waals surface area contributed by atoms with Crippen LogP contribution in [0.5, 0.6) is 5.75 Å². The largest absolute Gasteiger partial charge is 0.494 e. The molecule has 0 saturated carbocycles. The van der Waals surface area contributed by atoms with Crippen molar-refractivity contribution in [3.8, 4) is 5.75 Å². The van der Waals surface area contributed by atoms with E-state index in [0.717, 1.165) is 0 Å². The summed E-state index contributed by atoms with van der Waals surface area (Å²) in [6.07, 6.45) is 0. The molecule has 1 aromatic carbocycles. The van der Waals surface area contributed by atoms with Crippen LogP contribution < -0.4 is 10.5 Å². The maximum absolute atomic E-state index is 10.7. The fourth-order valence-corrected chi connectivity index (χ4v) is 1.44. The molecule has 78 valence electrons. The van der Waals surface area contributed by atoms with Crippen LogP contribution in [-0.4, -0.2) is 18.2 Å². The molecule has 0 unspecified atom stereocenters. The van der Waals surface area contributed by atoms with Crippen LogP contribution >= 0.6 is 0 Å². The van der Waals surface area contributed by atoms with E-state index in [1.807, 2.05) is 0 Å². The number of carboxylic acid groups (broad SMARTS) is 1. The zero-order valence-electron chi connectivity index (χ0n) is 7.98. The Morgan fingerprint density at radius 1 is 1.53 bits per heavy atom. The molecular formula is C10H9NO4. The first-order valence-electron chi connectivity index (χ1n) is 4.23. The van der Waals surface area contributed by atoms with E-state index in [-0.39, 0.29) is 5.76 Å². The molecule has 0 atom stereocenters. The SMILES string of the molecule is COc1c(N)ccc2oc(C(=O)O)cc12. The molecule has 0 radical (unpaired) electrons. The molecule has 1 aromatic heterocycles. The third-order valence-corrected chi connectivity index (χ3v) is 2.10. The predicted octanol–water partition coefficient (Wildman–Crippen LogP) is 1.72. The minimum Gasteiger partial charge on any atom is -0.494 e. The van der Waals surface area contributed by atoms with Crippen LogP contribution in [0.25, 0.3) is 11.0 Å². The summed E-state index contributed by atoms with van der Waals surface area (Å²) in [5.74, 6) is -0.815. The number of benzene rings is 1. The summed E-state index contributed by atoms with van der Waals surface area (Å²) in [5.41, 5.74) is 6.56. The van der Waals surface area contributed by atoms with Gasteiger partial charge in [-0.1, -0.05) is 0 Å². The molecule has 0 aliphatic rings. The second kappa shape index (κ2) is 3.20. The number of nitrogen functional groups attached to an aromatic ring is 1. The van der Waals surface area contributed by atoms with Gasteiger partial charge in [0.25, 0.3) is 0 Å². The number of hydrogen-bond acceptors (Lipinski definition) is 4. The Morgan fingerprint density at radius 3 is 2.87 bits per heavy atom. The lowest BCUT2D eigenvalue weighted by Crippen LogP contribution is -1.92. The molecule has 15 heavy (non-hydrogen) atoms. The number of nitrogens with two attached hydrogens (primary N) is 1. The Bertz CT molecular complexity index is 529. The fourth-order valence-electron chi connectivity index (χ4n) is 1.44. The number of carbonyl (C=O) groups is 1. The van der Waals surface area contributed by atoms with E-state index in [1.165, 1.54) is 13.2 Å². The number of ether oxygens (including phenoxy) is 1. The average molecular weight is 207 g/mol. The maximum Gasteiger partial charge on any atom is 0.371 e. The number of aromatic carboxylic acids is 1. The van der Waals surface area contributed by atoms with Crippen LogP contribution in [0.2, 0.25) is 0 Å². The van der Waals surface area contributed by atoms with E-state index in [9.17, 15) is 4.79 Å². The highest BCUT2D eigenvalue weighted by Gasteiger charge is 2.14. The van der Waals surface area contributed by atoms with Gasteiger partial charge in [0.1, 0.15) is 5.58 Å². The highest BCUT2D eigenvalue weighted by atomic mass is 16.5. The number of fused-ring (bicyclic) bond motifs is 1. The predicted molar refractivity (Wildman–Crippen MR) is 54.1 cm³/mol. The summed E-state index contributed by atoms with van der Waals surface area (Å²) in [4.78, 5) is 10.7. The van der Waals surface area contributed by atoms with E-state index < -0.39 is 5.97 Å². The van der Waals surface area contributed by atoms with Crippen molar-refractivity contribution >= 4 is 22.6 Å². The van der Waals surface area contributed by atoms with Crippen LogP contribution in [0.15, 0.2) is 22.6 Å². The first kappa shape index (κ1) is 9.39. The van der Waals surface area contributed by atoms with Gasteiger partial charge in [-0.3, -0.25) is 0 Å². The Morgan fingerprint density at radius 2 is 2.27 bits per heavy atom. The van der Waals surface area contributed by atoms with Crippen LogP contribution in [0.3, 0.4) is 0 Å². The summed E-state index contributed by atoms with van der Waals surface area (Å²) >= 11 is 0. The van der Waals surface area contributed by atoms with Crippen LogP contribution in [0, 0.1) is 0 Å². The van der Waals surface area contributed by atoms with Crippen molar-refractivity contribution in [3.63, 3.8) is 0 Å². The summed E-state index contributed by atoms with van der Waals surface area (Å²) in [6.45, 7) is 0. The first-order valence-corrected chi connectivity index (χ1v) is 4.23. The van der Waals surface area contributed by atoms with Gasteiger partial charge in [-0.25, -0.2) is 4.79 Å². The Hall–Kier alpha value is -2.17. The van der Waals surface area contributed by atoms with E-state index >= 15 is 0 Å². The number of carboxylic acids is 1. The van der Waals surface area contributed by atoms with Crippen molar-refractivity contribution in [1.82, 2.24) is 0 Å².